The van der Waals surface area contributed by atoms with Crippen LogP contribution >= 0.6 is 0 Å². The van der Waals surface area contributed by atoms with E-state index in [2.05, 4.69) is 4.74 Å². The van der Waals surface area contributed by atoms with E-state index < -0.39 is 30.2 Å². The fourth-order valence-electron chi connectivity index (χ4n) is 1.46. The van der Waals surface area contributed by atoms with E-state index in [1.807, 2.05) is 0 Å². The second kappa shape index (κ2) is 7.32. The van der Waals surface area contributed by atoms with Crippen LogP contribution in [0.4, 0.5) is 0 Å². The molecule has 0 aromatic rings. The molecular formula is C11H14O6. The Hall–Kier alpha value is -1.98. The van der Waals surface area contributed by atoms with Crippen LogP contribution in [0.3, 0.4) is 0 Å². The van der Waals surface area contributed by atoms with Gasteiger partial charge in [-0.2, -0.15) is 0 Å². The van der Waals surface area contributed by atoms with Gasteiger partial charge in [0, 0.05) is 5.92 Å². The quantitative estimate of drug-likeness (QED) is 0.296. The summed E-state index contributed by atoms with van der Waals surface area (Å²) in [5, 5.41) is 8.71. The highest BCUT2D eigenvalue weighted by molar-refractivity contribution is 5.91. The van der Waals surface area contributed by atoms with Crippen LogP contribution in [0.25, 0.3) is 0 Å². The predicted octanol–water partition coefficient (Wildman–Crippen LogP) is 0.211. The summed E-state index contributed by atoms with van der Waals surface area (Å²) in [6.45, 7) is 1.53. The lowest BCUT2D eigenvalue weighted by molar-refractivity contribution is -0.149. The highest BCUT2D eigenvalue weighted by Gasteiger charge is 2.33. The molecule has 0 saturated heterocycles. The highest BCUT2D eigenvalue weighted by Crippen LogP contribution is 2.23. The van der Waals surface area contributed by atoms with Crippen LogP contribution in [-0.4, -0.2) is 36.7 Å². The van der Waals surface area contributed by atoms with Crippen molar-refractivity contribution >= 4 is 24.5 Å². The summed E-state index contributed by atoms with van der Waals surface area (Å²) in [4.78, 5) is 43.6. The summed E-state index contributed by atoms with van der Waals surface area (Å²) in [6.07, 6.45) is 1.62. The van der Waals surface area contributed by atoms with Gasteiger partial charge in [0.25, 0.3) is 0 Å². The molecule has 0 rings (SSSR count). The minimum atomic E-state index is -1.28. The van der Waals surface area contributed by atoms with Crippen LogP contribution in [-0.2, 0) is 23.9 Å². The van der Waals surface area contributed by atoms with Gasteiger partial charge in [0.15, 0.2) is 0 Å². The molecule has 0 spiro atoms. The lowest BCUT2D eigenvalue weighted by Gasteiger charge is -2.19. The van der Waals surface area contributed by atoms with E-state index in [-0.39, 0.29) is 5.57 Å². The summed E-state index contributed by atoms with van der Waals surface area (Å²) >= 11 is 0. The number of carbonyl (C=O) groups is 4. The van der Waals surface area contributed by atoms with Crippen molar-refractivity contribution in [1.82, 2.24) is 0 Å². The van der Waals surface area contributed by atoms with E-state index in [0.717, 1.165) is 7.11 Å². The Labute approximate surface area is 98.3 Å². The van der Waals surface area contributed by atoms with Gasteiger partial charge in [-0.25, -0.2) is 0 Å². The molecule has 6 nitrogen and oxygen atoms in total. The molecule has 0 saturated carbocycles. The van der Waals surface area contributed by atoms with Crippen LogP contribution in [0.5, 0.6) is 0 Å². The van der Waals surface area contributed by atoms with E-state index in [0.29, 0.717) is 12.6 Å². The molecule has 0 fully saturated rings. The Morgan fingerprint density at radius 1 is 1.35 bits per heavy atom. The number of hydrogen-bond acceptors (Lipinski definition) is 5. The number of aldehydes is 2. The van der Waals surface area contributed by atoms with Crippen LogP contribution in [0.15, 0.2) is 11.6 Å². The van der Waals surface area contributed by atoms with E-state index in [9.17, 15) is 19.2 Å². The van der Waals surface area contributed by atoms with Crippen molar-refractivity contribution in [3.8, 4) is 0 Å². The summed E-state index contributed by atoms with van der Waals surface area (Å²) in [7, 11) is 1.09. The first-order valence-electron chi connectivity index (χ1n) is 4.88. The minimum absolute atomic E-state index is 0.0925. The Morgan fingerprint density at radius 3 is 2.24 bits per heavy atom. The van der Waals surface area contributed by atoms with Gasteiger partial charge in [-0.15, -0.1) is 0 Å². The van der Waals surface area contributed by atoms with Gasteiger partial charge < -0.3 is 14.6 Å². The Morgan fingerprint density at radius 2 is 1.94 bits per heavy atom. The van der Waals surface area contributed by atoms with Gasteiger partial charge in [-0.3, -0.25) is 14.4 Å². The van der Waals surface area contributed by atoms with Crippen molar-refractivity contribution in [3.63, 3.8) is 0 Å². The summed E-state index contributed by atoms with van der Waals surface area (Å²) in [5.74, 6) is -4.34. The number of esters is 1. The van der Waals surface area contributed by atoms with Crippen molar-refractivity contribution in [2.24, 2.45) is 11.8 Å². The van der Waals surface area contributed by atoms with E-state index in [1.54, 1.807) is 0 Å². The second-order valence-electron chi connectivity index (χ2n) is 3.30. The number of carboxylic acid groups (broad SMARTS) is 1. The first-order valence-corrected chi connectivity index (χ1v) is 4.88. The molecule has 1 N–H and O–H groups in total. The molecule has 0 heterocycles. The van der Waals surface area contributed by atoms with Crippen molar-refractivity contribution in [2.45, 2.75) is 13.3 Å². The normalized spacial score (nSPS) is 14.6. The maximum absolute atomic E-state index is 11.3. The molecule has 17 heavy (non-hydrogen) atoms. The van der Waals surface area contributed by atoms with Crippen LogP contribution < -0.4 is 0 Å². The predicted molar refractivity (Wildman–Crippen MR) is 57.1 cm³/mol. The zero-order valence-corrected chi connectivity index (χ0v) is 9.58. The monoisotopic (exact) mass is 242 g/mol. The molecule has 0 aliphatic heterocycles. The zero-order valence-electron chi connectivity index (χ0n) is 9.58. The lowest BCUT2D eigenvalue weighted by Crippen LogP contribution is -2.30. The average Bonchev–Trinajstić information content (AvgIpc) is 2.30. The first-order chi connectivity index (χ1) is 8.01. The van der Waals surface area contributed by atoms with E-state index in [1.165, 1.54) is 13.0 Å². The molecular weight excluding hydrogens is 228 g/mol. The zero-order chi connectivity index (χ0) is 13.4. The minimum Gasteiger partial charge on any atom is -0.481 e. The number of ether oxygens (including phenoxy) is 1. The van der Waals surface area contributed by atoms with E-state index >= 15 is 0 Å². The molecule has 0 radical (unpaired) electrons. The summed E-state index contributed by atoms with van der Waals surface area (Å²) < 4.78 is 4.40. The van der Waals surface area contributed by atoms with Gasteiger partial charge in [0.1, 0.15) is 18.5 Å². The molecule has 0 aromatic heterocycles. The third kappa shape index (κ3) is 4.18. The van der Waals surface area contributed by atoms with E-state index in [4.69, 9.17) is 5.11 Å². The fraction of sp³-hybridized carbons (Fsp3) is 0.455. The topological polar surface area (TPSA) is 97.7 Å². The third-order valence-corrected chi connectivity index (χ3v) is 2.35. The molecule has 0 bridgehead atoms. The Bertz CT molecular complexity index is 344. The molecule has 6 heteroatoms. The first kappa shape index (κ1) is 15.0. The number of allylic oxidation sites excluding steroid dienone is 2. The third-order valence-electron chi connectivity index (χ3n) is 2.35. The van der Waals surface area contributed by atoms with Crippen LogP contribution in [0.2, 0.25) is 0 Å². The maximum atomic E-state index is 11.3. The van der Waals surface area contributed by atoms with Gasteiger partial charge in [-0.05, 0) is 12.5 Å². The van der Waals surface area contributed by atoms with Gasteiger partial charge in [-0.1, -0.05) is 6.08 Å². The molecule has 0 amide bonds. The number of rotatable bonds is 7. The van der Waals surface area contributed by atoms with Crippen molar-refractivity contribution in [2.75, 3.05) is 7.11 Å². The number of carboxylic acids is 1. The van der Waals surface area contributed by atoms with Gasteiger partial charge >= 0.3 is 11.9 Å². The van der Waals surface area contributed by atoms with Crippen molar-refractivity contribution in [3.05, 3.63) is 11.6 Å². The maximum Gasteiger partial charge on any atom is 0.316 e. The van der Waals surface area contributed by atoms with Gasteiger partial charge in [0.2, 0.25) is 0 Å². The number of hydrogen-bond donors (Lipinski definition) is 1. The lowest BCUT2D eigenvalue weighted by atomic mass is 9.84. The average molecular weight is 242 g/mol. The fourth-order valence-corrected chi connectivity index (χ4v) is 1.46. The standard InChI is InChI=1S/C11H14O6/c1-3-7(5-12)8(4-10(14)15)9(6-13)11(16)17-2/h3,5-6,8-9H,4H2,1-2H3,(H,14,15)/b7-3+/t8-,9+/m0/s1. The SMILES string of the molecule is C/C=C(\C=O)[C@H](CC(=O)O)[C@@H](C=O)C(=O)OC. The highest BCUT2D eigenvalue weighted by atomic mass is 16.5. The molecule has 0 aliphatic carbocycles. The van der Waals surface area contributed by atoms with Crippen molar-refractivity contribution in [1.29, 1.82) is 0 Å². The smallest absolute Gasteiger partial charge is 0.316 e. The largest absolute Gasteiger partial charge is 0.481 e. The molecule has 0 aromatic carbocycles. The number of methoxy groups -OCH3 is 1. The number of aliphatic carboxylic acids is 1. The summed E-state index contributed by atoms with van der Waals surface area (Å²) in [5.41, 5.74) is 0.0925. The Kier molecular flexibility index (Phi) is 6.47. The molecule has 0 unspecified atom stereocenters. The Balaban J connectivity index is 5.26. The summed E-state index contributed by atoms with van der Waals surface area (Å²) in [6, 6.07) is 0. The van der Waals surface area contributed by atoms with Crippen molar-refractivity contribution < 1.29 is 29.0 Å². The van der Waals surface area contributed by atoms with Gasteiger partial charge in [0.05, 0.1) is 13.5 Å². The second-order valence-corrected chi connectivity index (χ2v) is 3.30. The van der Waals surface area contributed by atoms with Crippen LogP contribution in [0, 0.1) is 11.8 Å². The molecule has 0 aliphatic rings. The molecule has 2 atom stereocenters. The van der Waals surface area contributed by atoms with Crippen LogP contribution in [0.1, 0.15) is 13.3 Å². The molecule has 94 valence electrons. The number of carbonyl (C=O) groups excluding carboxylic acids is 3.